The number of rotatable bonds is 1. The third-order valence-electron chi connectivity index (χ3n) is 0.309. The molecule has 0 aromatic heterocycles. The van der Waals surface area contributed by atoms with E-state index in [1.54, 1.807) is 0 Å². The fourth-order valence-electron chi connectivity index (χ4n) is 0. The SMILES string of the molecule is [CH3][SnH]([CH3])[SiH2]Cl. The second kappa shape index (κ2) is 3.49. The van der Waals surface area contributed by atoms with Gasteiger partial charge in [-0.25, -0.2) is 0 Å². The summed E-state index contributed by atoms with van der Waals surface area (Å²) in [5.41, 5.74) is 0. The molecular formula is C2H9ClSiSn. The first kappa shape index (κ1) is 6.31. The first-order chi connectivity index (χ1) is 2.27. The van der Waals surface area contributed by atoms with Crippen LogP contribution in [0.25, 0.3) is 0 Å². The van der Waals surface area contributed by atoms with Crippen LogP contribution in [0.1, 0.15) is 0 Å². The Labute approximate surface area is 46.2 Å². The maximum atomic E-state index is 5.57. The minimum absolute atomic E-state index is 0.0310. The molecule has 0 unspecified atom stereocenters. The monoisotopic (exact) mass is 216 g/mol. The van der Waals surface area contributed by atoms with Gasteiger partial charge in [0, 0.05) is 0 Å². The van der Waals surface area contributed by atoms with Gasteiger partial charge < -0.3 is 0 Å². The molecule has 0 N–H and O–H groups in total. The topological polar surface area (TPSA) is 0 Å². The number of hydrogen-bond acceptors (Lipinski definition) is 0. The Morgan fingerprint density at radius 3 is 1.80 bits per heavy atom. The van der Waals surface area contributed by atoms with Gasteiger partial charge in [0.05, 0.1) is 0 Å². The third kappa shape index (κ3) is 5.31. The van der Waals surface area contributed by atoms with Crippen LogP contribution in [0.4, 0.5) is 0 Å². The molecule has 0 aromatic carbocycles. The van der Waals surface area contributed by atoms with Crippen molar-refractivity contribution in [3.05, 3.63) is 0 Å². The van der Waals surface area contributed by atoms with E-state index in [1.807, 2.05) is 0 Å². The minimum atomic E-state index is -0.775. The molecule has 0 aliphatic heterocycles. The van der Waals surface area contributed by atoms with Gasteiger partial charge in [-0.05, 0) is 0 Å². The molecule has 32 valence electrons. The molecule has 0 nitrogen and oxygen atoms in total. The molecule has 0 aromatic rings. The zero-order valence-electron chi connectivity index (χ0n) is 3.66. The van der Waals surface area contributed by atoms with Crippen molar-refractivity contribution in [3.63, 3.8) is 0 Å². The van der Waals surface area contributed by atoms with Gasteiger partial charge in [0.1, 0.15) is 0 Å². The Hall–Kier alpha value is 1.31. The van der Waals surface area contributed by atoms with E-state index in [-0.39, 0.29) is 6.34 Å². The van der Waals surface area contributed by atoms with Gasteiger partial charge >= 0.3 is 46.3 Å². The predicted molar refractivity (Wildman–Crippen MR) is 33.3 cm³/mol. The summed E-state index contributed by atoms with van der Waals surface area (Å²) in [7, 11) is 0. The quantitative estimate of drug-likeness (QED) is 0.436. The van der Waals surface area contributed by atoms with Crippen molar-refractivity contribution in [2.45, 2.75) is 9.88 Å². The van der Waals surface area contributed by atoms with Crippen LogP contribution in [0.5, 0.6) is 0 Å². The molecule has 0 aliphatic carbocycles. The van der Waals surface area contributed by atoms with Gasteiger partial charge in [0.15, 0.2) is 0 Å². The van der Waals surface area contributed by atoms with Crippen molar-refractivity contribution >= 4 is 36.4 Å². The zero-order valence-corrected chi connectivity index (χ0v) is 9.13. The zero-order chi connectivity index (χ0) is 4.28. The summed E-state index contributed by atoms with van der Waals surface area (Å²) in [5.74, 6) is 0. The Morgan fingerprint density at radius 1 is 1.60 bits per heavy atom. The van der Waals surface area contributed by atoms with E-state index in [2.05, 4.69) is 9.88 Å². The van der Waals surface area contributed by atoms with Crippen LogP contribution in [0, 0.1) is 0 Å². The van der Waals surface area contributed by atoms with Crippen LogP contribution in [0.2, 0.25) is 9.88 Å². The first-order valence-electron chi connectivity index (χ1n) is 1.83. The predicted octanol–water partition coefficient (Wildman–Crippen LogP) is 0.292. The molecule has 0 saturated heterocycles. The Kier molecular flexibility index (Phi) is 4.41. The average molecular weight is 215 g/mol. The first-order valence-corrected chi connectivity index (χ1v) is 18.4. The fourth-order valence-corrected chi connectivity index (χ4v) is 0. The Bertz CT molecular complexity index is 23.6. The molecule has 0 bridgehead atoms. The number of halogens is 1. The van der Waals surface area contributed by atoms with Gasteiger partial charge in [0.2, 0.25) is 0 Å². The molecule has 0 heterocycles. The van der Waals surface area contributed by atoms with Crippen molar-refractivity contribution in [3.8, 4) is 0 Å². The summed E-state index contributed by atoms with van der Waals surface area (Å²) >= 11 is 4.79. The van der Waals surface area contributed by atoms with E-state index in [9.17, 15) is 0 Å². The van der Waals surface area contributed by atoms with Gasteiger partial charge in [-0.1, -0.05) is 0 Å². The van der Waals surface area contributed by atoms with Gasteiger partial charge in [-0.15, -0.1) is 0 Å². The summed E-state index contributed by atoms with van der Waals surface area (Å²) in [5, 5.41) is 0. The van der Waals surface area contributed by atoms with Crippen LogP contribution >= 0.6 is 11.1 Å². The average Bonchev–Trinajstić information content (AvgIpc) is 1.38. The van der Waals surface area contributed by atoms with Crippen molar-refractivity contribution in [2.75, 3.05) is 0 Å². The molecule has 3 heteroatoms. The number of hydrogen-bond donors (Lipinski definition) is 0. The van der Waals surface area contributed by atoms with E-state index in [0.29, 0.717) is 0 Å². The second-order valence-corrected chi connectivity index (χ2v) is 29.6. The van der Waals surface area contributed by atoms with E-state index >= 15 is 0 Å². The van der Waals surface area contributed by atoms with Crippen LogP contribution in [0.15, 0.2) is 0 Å². The Morgan fingerprint density at radius 2 is 1.80 bits per heavy atom. The van der Waals surface area contributed by atoms with Gasteiger partial charge in [0.25, 0.3) is 0 Å². The summed E-state index contributed by atoms with van der Waals surface area (Å²) in [4.78, 5) is 4.72. The second-order valence-electron chi connectivity index (χ2n) is 1.55. The standard InChI is InChI=1S/2CH3.ClH2Si.Sn.H/c;;1-2;;/h2*1H3;2H2;;. The molecular weight excluding hydrogens is 206 g/mol. The molecule has 0 saturated carbocycles. The molecule has 0 atom stereocenters. The van der Waals surface area contributed by atoms with Crippen molar-refractivity contribution in [1.82, 2.24) is 0 Å². The molecule has 0 amide bonds. The molecule has 0 rings (SSSR count). The van der Waals surface area contributed by atoms with Crippen molar-refractivity contribution in [1.29, 1.82) is 0 Å². The van der Waals surface area contributed by atoms with Crippen LogP contribution < -0.4 is 0 Å². The van der Waals surface area contributed by atoms with E-state index < -0.39 is 19.0 Å². The molecule has 0 fully saturated rings. The molecule has 0 aliphatic rings. The van der Waals surface area contributed by atoms with E-state index in [4.69, 9.17) is 11.1 Å². The van der Waals surface area contributed by atoms with Crippen molar-refractivity contribution < 1.29 is 0 Å². The molecule has 0 radical (unpaired) electrons. The molecule has 5 heavy (non-hydrogen) atoms. The van der Waals surface area contributed by atoms with E-state index in [1.165, 1.54) is 0 Å². The van der Waals surface area contributed by atoms with Crippen LogP contribution in [0.3, 0.4) is 0 Å². The van der Waals surface area contributed by atoms with Gasteiger partial charge in [-0.3, -0.25) is 0 Å². The van der Waals surface area contributed by atoms with Gasteiger partial charge in [-0.2, -0.15) is 0 Å². The summed E-state index contributed by atoms with van der Waals surface area (Å²) in [6, 6.07) is 0. The third-order valence-corrected chi connectivity index (χ3v) is 18.6. The van der Waals surface area contributed by atoms with Crippen LogP contribution in [-0.2, 0) is 0 Å². The Balaban J connectivity index is 2.54. The fraction of sp³-hybridized carbons (Fsp3) is 1.00. The summed E-state index contributed by atoms with van der Waals surface area (Å²) < 4.78 is 0. The maximum absolute atomic E-state index is 5.57. The van der Waals surface area contributed by atoms with E-state index in [0.717, 1.165) is 0 Å². The van der Waals surface area contributed by atoms with Crippen molar-refractivity contribution in [2.24, 2.45) is 0 Å². The summed E-state index contributed by atoms with van der Waals surface area (Å²) in [6.45, 7) is 0. The molecule has 0 spiro atoms. The normalized spacial score (nSPS) is 12.0. The van der Waals surface area contributed by atoms with Crippen LogP contribution in [-0.4, -0.2) is 25.3 Å². The summed E-state index contributed by atoms with van der Waals surface area (Å²) in [6.07, 6.45) is 0.0310.